The molecule has 0 bridgehead atoms. The number of rotatable bonds is 10. The summed E-state index contributed by atoms with van der Waals surface area (Å²) in [4.78, 5) is 0. The first-order chi connectivity index (χ1) is 6.77. The Labute approximate surface area is 89.9 Å². The molecule has 0 amide bonds. The molecule has 0 radical (unpaired) electrons. The van der Waals surface area contributed by atoms with Crippen molar-refractivity contribution in [1.29, 1.82) is 0 Å². The minimum atomic E-state index is 0.850. The van der Waals surface area contributed by atoms with E-state index in [1.165, 1.54) is 32.2 Å². The number of nitrogens with one attached hydrogen (secondary N) is 2. The zero-order valence-electron chi connectivity index (χ0n) is 10.2. The Hall–Kier alpha value is -0.0800. The lowest BCUT2D eigenvalue weighted by atomic mass is 10.1. The van der Waals surface area contributed by atoms with Crippen LogP contribution in [0.2, 0.25) is 0 Å². The molecule has 2 N–H and O–H groups in total. The van der Waals surface area contributed by atoms with Crippen molar-refractivity contribution in [2.24, 2.45) is 5.92 Å². The minimum Gasteiger partial charge on any atom is -0.317 e. The minimum absolute atomic E-state index is 0.850. The molecular formula is C12H28N2. The number of hydrogen-bond donors (Lipinski definition) is 2. The van der Waals surface area contributed by atoms with Crippen LogP contribution < -0.4 is 10.6 Å². The van der Waals surface area contributed by atoms with Gasteiger partial charge in [0.25, 0.3) is 0 Å². The van der Waals surface area contributed by atoms with Crippen molar-refractivity contribution in [3.05, 3.63) is 0 Å². The average Bonchev–Trinajstić information content (AvgIpc) is 2.15. The molecule has 0 aliphatic rings. The normalized spacial score (nSPS) is 11.1. The van der Waals surface area contributed by atoms with Crippen molar-refractivity contribution in [2.45, 2.75) is 46.5 Å². The van der Waals surface area contributed by atoms with Crippen LogP contribution in [-0.2, 0) is 0 Å². The average molecular weight is 200 g/mol. The first-order valence-electron chi connectivity index (χ1n) is 6.18. The largest absolute Gasteiger partial charge is 0.317 e. The molecule has 0 aliphatic carbocycles. The van der Waals surface area contributed by atoms with Crippen molar-refractivity contribution in [3.8, 4) is 0 Å². The van der Waals surface area contributed by atoms with E-state index in [-0.39, 0.29) is 0 Å². The Kier molecular flexibility index (Phi) is 10.9. The Morgan fingerprint density at radius 1 is 0.857 bits per heavy atom. The third-order valence-corrected chi connectivity index (χ3v) is 2.27. The lowest BCUT2D eigenvalue weighted by Crippen LogP contribution is -2.23. The maximum absolute atomic E-state index is 3.48. The van der Waals surface area contributed by atoms with E-state index in [9.17, 15) is 0 Å². The highest BCUT2D eigenvalue weighted by Gasteiger charge is 1.93. The van der Waals surface area contributed by atoms with Gasteiger partial charge < -0.3 is 10.6 Å². The summed E-state index contributed by atoms with van der Waals surface area (Å²) >= 11 is 0. The van der Waals surface area contributed by atoms with Crippen LogP contribution >= 0.6 is 0 Å². The van der Waals surface area contributed by atoms with Gasteiger partial charge in [-0.2, -0.15) is 0 Å². The zero-order chi connectivity index (χ0) is 10.6. The highest BCUT2D eigenvalue weighted by molar-refractivity contribution is 4.53. The highest BCUT2D eigenvalue weighted by Crippen LogP contribution is 2.01. The highest BCUT2D eigenvalue weighted by atomic mass is 14.9. The van der Waals surface area contributed by atoms with Crippen LogP contribution in [-0.4, -0.2) is 26.2 Å². The van der Waals surface area contributed by atoms with Gasteiger partial charge in [-0.25, -0.2) is 0 Å². The van der Waals surface area contributed by atoms with Gasteiger partial charge in [0.05, 0.1) is 0 Å². The molecule has 2 nitrogen and oxygen atoms in total. The van der Waals surface area contributed by atoms with Gasteiger partial charge in [0.1, 0.15) is 0 Å². The molecule has 0 rings (SSSR count). The molecule has 0 aromatic carbocycles. The third kappa shape index (κ3) is 11.9. The molecule has 0 aromatic heterocycles. The standard InChI is InChI=1S/C12H28N2/c1-4-8-13-10-6-11-14-9-5-7-12(2)3/h12-14H,4-11H2,1-3H3. The number of hydrogen-bond acceptors (Lipinski definition) is 2. The lowest BCUT2D eigenvalue weighted by Gasteiger charge is -2.06. The van der Waals surface area contributed by atoms with Crippen LogP contribution in [0.1, 0.15) is 46.5 Å². The van der Waals surface area contributed by atoms with Gasteiger partial charge in [-0.3, -0.25) is 0 Å². The van der Waals surface area contributed by atoms with Crippen LogP contribution in [0.25, 0.3) is 0 Å². The van der Waals surface area contributed by atoms with Gasteiger partial charge in [0.2, 0.25) is 0 Å². The maximum atomic E-state index is 3.48. The van der Waals surface area contributed by atoms with E-state index in [0.29, 0.717) is 0 Å². The molecular weight excluding hydrogens is 172 g/mol. The Bertz CT molecular complexity index is 102. The first-order valence-corrected chi connectivity index (χ1v) is 6.18. The lowest BCUT2D eigenvalue weighted by molar-refractivity contribution is 0.518. The van der Waals surface area contributed by atoms with E-state index < -0.39 is 0 Å². The predicted molar refractivity (Wildman–Crippen MR) is 64.7 cm³/mol. The Morgan fingerprint density at radius 3 is 2.00 bits per heavy atom. The SMILES string of the molecule is CCCNCCCNCCCC(C)C. The van der Waals surface area contributed by atoms with E-state index >= 15 is 0 Å². The summed E-state index contributed by atoms with van der Waals surface area (Å²) in [7, 11) is 0. The molecule has 0 atom stereocenters. The molecule has 0 heterocycles. The van der Waals surface area contributed by atoms with Gasteiger partial charge in [-0.1, -0.05) is 20.8 Å². The van der Waals surface area contributed by atoms with Gasteiger partial charge >= 0.3 is 0 Å². The van der Waals surface area contributed by atoms with Gasteiger partial charge in [-0.15, -0.1) is 0 Å². The summed E-state index contributed by atoms with van der Waals surface area (Å²) < 4.78 is 0. The molecule has 86 valence electrons. The maximum Gasteiger partial charge on any atom is -0.00368 e. The van der Waals surface area contributed by atoms with Crippen molar-refractivity contribution in [3.63, 3.8) is 0 Å². The van der Waals surface area contributed by atoms with E-state index in [2.05, 4.69) is 31.4 Å². The second-order valence-corrected chi connectivity index (χ2v) is 4.39. The summed E-state index contributed by atoms with van der Waals surface area (Å²) in [6.07, 6.45) is 5.16. The molecule has 0 fully saturated rings. The molecule has 2 heteroatoms. The van der Waals surface area contributed by atoms with Gasteiger partial charge in [0, 0.05) is 0 Å². The van der Waals surface area contributed by atoms with Crippen molar-refractivity contribution in [1.82, 2.24) is 10.6 Å². The fourth-order valence-corrected chi connectivity index (χ4v) is 1.40. The summed E-state index contributed by atoms with van der Waals surface area (Å²) in [6, 6.07) is 0. The Balaban J connectivity index is 2.85. The van der Waals surface area contributed by atoms with Crippen LogP contribution in [0.4, 0.5) is 0 Å². The summed E-state index contributed by atoms with van der Waals surface area (Å²) in [5.74, 6) is 0.850. The summed E-state index contributed by atoms with van der Waals surface area (Å²) in [5.41, 5.74) is 0. The predicted octanol–water partition coefficient (Wildman–Crippen LogP) is 2.40. The first kappa shape index (κ1) is 13.9. The van der Waals surface area contributed by atoms with E-state index in [1.807, 2.05) is 0 Å². The van der Waals surface area contributed by atoms with E-state index in [0.717, 1.165) is 25.6 Å². The fraction of sp³-hybridized carbons (Fsp3) is 1.00. The summed E-state index contributed by atoms with van der Waals surface area (Å²) in [5, 5.41) is 6.88. The molecule has 0 unspecified atom stereocenters. The van der Waals surface area contributed by atoms with E-state index in [1.54, 1.807) is 0 Å². The second-order valence-electron chi connectivity index (χ2n) is 4.39. The summed E-state index contributed by atoms with van der Waals surface area (Å²) in [6.45, 7) is 11.4. The Morgan fingerprint density at radius 2 is 1.43 bits per heavy atom. The van der Waals surface area contributed by atoms with Crippen molar-refractivity contribution in [2.75, 3.05) is 26.2 Å². The smallest absolute Gasteiger partial charge is 0.00368 e. The molecule has 0 aliphatic heterocycles. The quantitative estimate of drug-likeness (QED) is 0.529. The van der Waals surface area contributed by atoms with E-state index in [4.69, 9.17) is 0 Å². The second kappa shape index (κ2) is 11.0. The fourth-order valence-electron chi connectivity index (χ4n) is 1.40. The van der Waals surface area contributed by atoms with Crippen molar-refractivity contribution < 1.29 is 0 Å². The molecule has 14 heavy (non-hydrogen) atoms. The zero-order valence-corrected chi connectivity index (χ0v) is 10.2. The molecule has 0 saturated carbocycles. The molecule has 0 spiro atoms. The van der Waals surface area contributed by atoms with Crippen LogP contribution in [0.3, 0.4) is 0 Å². The van der Waals surface area contributed by atoms with Crippen LogP contribution in [0.5, 0.6) is 0 Å². The van der Waals surface area contributed by atoms with Crippen LogP contribution in [0, 0.1) is 5.92 Å². The molecule has 0 aromatic rings. The monoisotopic (exact) mass is 200 g/mol. The topological polar surface area (TPSA) is 24.1 Å². The van der Waals surface area contributed by atoms with Crippen LogP contribution in [0.15, 0.2) is 0 Å². The molecule has 0 saturated heterocycles. The van der Waals surface area contributed by atoms with Gasteiger partial charge in [0.15, 0.2) is 0 Å². The van der Waals surface area contributed by atoms with Gasteiger partial charge in [-0.05, 0) is 57.8 Å². The van der Waals surface area contributed by atoms with Crippen molar-refractivity contribution >= 4 is 0 Å². The third-order valence-electron chi connectivity index (χ3n) is 2.27.